The molecule has 180 valence electrons. The zero-order chi connectivity index (χ0) is 22.8. The molecule has 0 unspecified atom stereocenters. The van der Waals surface area contributed by atoms with E-state index in [1.54, 1.807) is 0 Å². The summed E-state index contributed by atoms with van der Waals surface area (Å²) in [6, 6.07) is 12.6. The fourth-order valence-electron chi connectivity index (χ4n) is 4.69. The van der Waals surface area contributed by atoms with Crippen molar-refractivity contribution >= 4 is 51.7 Å². The zero-order valence-electron chi connectivity index (χ0n) is 19.7. The minimum absolute atomic E-state index is 0. The van der Waals surface area contributed by atoms with Gasteiger partial charge in [-0.1, -0.05) is 5.21 Å². The van der Waals surface area contributed by atoms with Gasteiger partial charge in [-0.25, -0.2) is 14.6 Å². The van der Waals surface area contributed by atoms with Gasteiger partial charge < -0.3 is 15.3 Å². The summed E-state index contributed by atoms with van der Waals surface area (Å²) in [6.45, 7) is 6.63. The normalized spacial score (nSPS) is 14.6. The number of aliphatic hydroxyl groups excluding tert-OH is 1. The Bertz CT molecular complexity index is 1230. The average Bonchev–Trinajstić information content (AvgIpc) is 3.29. The van der Waals surface area contributed by atoms with Crippen LogP contribution in [0.25, 0.3) is 21.9 Å². The van der Waals surface area contributed by atoms with E-state index >= 15 is 0 Å². The molecule has 0 amide bonds. The highest BCUT2D eigenvalue weighted by molar-refractivity contribution is 6.01. The Labute approximate surface area is 205 Å². The second kappa shape index (κ2) is 10.5. The molecule has 34 heavy (non-hydrogen) atoms. The number of benzene rings is 2. The van der Waals surface area contributed by atoms with Crippen molar-refractivity contribution in [3.8, 4) is 0 Å². The van der Waals surface area contributed by atoms with E-state index in [2.05, 4.69) is 63.6 Å². The molecule has 0 atom stereocenters. The maximum absolute atomic E-state index is 9.05. The molecule has 4 aromatic rings. The molecule has 1 saturated heterocycles. The number of rotatable bonds is 7. The maximum Gasteiger partial charge on any atom is 0.227 e. The molecule has 0 aliphatic carbocycles. The van der Waals surface area contributed by atoms with Crippen molar-refractivity contribution in [3.63, 3.8) is 0 Å². The minimum Gasteiger partial charge on any atom is -0.396 e. The van der Waals surface area contributed by atoms with Crippen molar-refractivity contribution in [3.05, 3.63) is 42.6 Å². The first-order valence-electron chi connectivity index (χ1n) is 11.9. The number of halogens is 1. The summed E-state index contributed by atoms with van der Waals surface area (Å²) >= 11 is 0. The topological polar surface area (TPSA) is 92.0 Å². The molecule has 1 fully saturated rings. The highest BCUT2D eigenvalue weighted by atomic mass is 35.5. The quantitative estimate of drug-likeness (QED) is 0.379. The molecular weight excluding hydrogens is 450 g/mol. The molecule has 1 aliphatic heterocycles. The molecule has 0 bridgehead atoms. The molecule has 5 rings (SSSR count). The number of nitrogens with zero attached hydrogens (tertiary/aromatic N) is 6. The molecule has 8 nitrogen and oxygen atoms in total. The summed E-state index contributed by atoms with van der Waals surface area (Å²) in [6.07, 6.45) is 6.29. The fourth-order valence-corrected chi connectivity index (χ4v) is 4.69. The SMILES string of the molecule is CC(C)n1nnc2ccc3cnc(Nc4ccc(N5CCC(CCCO)CC5)cc4)nc3c21.Cl. The van der Waals surface area contributed by atoms with Gasteiger partial charge in [-0.2, -0.15) is 0 Å². The van der Waals surface area contributed by atoms with Gasteiger partial charge >= 0.3 is 0 Å². The predicted molar refractivity (Wildman–Crippen MR) is 139 cm³/mol. The van der Waals surface area contributed by atoms with Crippen LogP contribution in [0.4, 0.5) is 17.3 Å². The van der Waals surface area contributed by atoms with E-state index in [0.717, 1.165) is 59.5 Å². The highest BCUT2D eigenvalue weighted by Crippen LogP contribution is 2.28. The Morgan fingerprint density at radius 3 is 2.56 bits per heavy atom. The van der Waals surface area contributed by atoms with Gasteiger partial charge in [0, 0.05) is 48.7 Å². The van der Waals surface area contributed by atoms with Gasteiger partial charge in [-0.3, -0.25) is 0 Å². The van der Waals surface area contributed by atoms with E-state index in [9.17, 15) is 0 Å². The number of hydrogen-bond acceptors (Lipinski definition) is 7. The van der Waals surface area contributed by atoms with E-state index < -0.39 is 0 Å². The first-order chi connectivity index (χ1) is 16.1. The third-order valence-electron chi connectivity index (χ3n) is 6.55. The third kappa shape index (κ3) is 4.93. The molecule has 3 heterocycles. The number of nitrogens with one attached hydrogen (secondary N) is 1. The van der Waals surface area contributed by atoms with Crippen molar-refractivity contribution in [2.24, 2.45) is 5.92 Å². The van der Waals surface area contributed by atoms with Crippen LogP contribution in [0.15, 0.2) is 42.6 Å². The first-order valence-corrected chi connectivity index (χ1v) is 11.9. The highest BCUT2D eigenvalue weighted by Gasteiger charge is 2.19. The smallest absolute Gasteiger partial charge is 0.227 e. The van der Waals surface area contributed by atoms with Crippen molar-refractivity contribution in [2.45, 2.75) is 45.6 Å². The van der Waals surface area contributed by atoms with Gasteiger partial charge in [-0.05, 0) is 81.8 Å². The van der Waals surface area contributed by atoms with Gasteiger partial charge in [0.05, 0.1) is 0 Å². The minimum atomic E-state index is 0. The van der Waals surface area contributed by atoms with E-state index in [4.69, 9.17) is 10.1 Å². The summed E-state index contributed by atoms with van der Waals surface area (Å²) in [5.74, 6) is 1.30. The van der Waals surface area contributed by atoms with E-state index in [-0.39, 0.29) is 18.4 Å². The summed E-state index contributed by atoms with van der Waals surface area (Å²) in [7, 11) is 0. The van der Waals surface area contributed by atoms with Crippen LogP contribution in [0.5, 0.6) is 0 Å². The summed E-state index contributed by atoms with van der Waals surface area (Å²) in [5.41, 5.74) is 4.83. The lowest BCUT2D eigenvalue weighted by atomic mass is 9.92. The fraction of sp³-hybridized carbons (Fsp3) is 0.440. The molecule has 2 aromatic carbocycles. The monoisotopic (exact) mass is 481 g/mol. The van der Waals surface area contributed by atoms with Crippen LogP contribution < -0.4 is 10.2 Å². The Balaban J connectivity index is 0.00000274. The zero-order valence-corrected chi connectivity index (χ0v) is 20.5. The van der Waals surface area contributed by atoms with E-state index in [0.29, 0.717) is 12.6 Å². The van der Waals surface area contributed by atoms with Crippen LogP contribution in [0.2, 0.25) is 0 Å². The number of aromatic nitrogens is 5. The molecule has 2 N–H and O–H groups in total. The van der Waals surface area contributed by atoms with Crippen molar-refractivity contribution < 1.29 is 5.11 Å². The lowest BCUT2D eigenvalue weighted by Gasteiger charge is -2.33. The van der Waals surface area contributed by atoms with Gasteiger partial charge in [0.1, 0.15) is 16.6 Å². The Morgan fingerprint density at radius 1 is 1.09 bits per heavy atom. The molecule has 0 spiro atoms. The second-order valence-electron chi connectivity index (χ2n) is 9.16. The largest absolute Gasteiger partial charge is 0.396 e. The molecule has 9 heteroatoms. The number of piperidine rings is 1. The average molecular weight is 482 g/mol. The number of aliphatic hydroxyl groups is 1. The number of anilines is 3. The van der Waals surface area contributed by atoms with Gasteiger partial charge in [0.15, 0.2) is 0 Å². The predicted octanol–water partition coefficient (Wildman–Crippen LogP) is 5.11. The first kappa shape index (κ1) is 24.2. The van der Waals surface area contributed by atoms with Crippen LogP contribution in [0, 0.1) is 5.92 Å². The Kier molecular flexibility index (Phi) is 7.48. The summed E-state index contributed by atoms with van der Waals surface area (Å²) in [4.78, 5) is 11.8. The van der Waals surface area contributed by atoms with Crippen LogP contribution in [-0.4, -0.2) is 49.8 Å². The summed E-state index contributed by atoms with van der Waals surface area (Å²) < 4.78 is 1.91. The van der Waals surface area contributed by atoms with Crippen molar-refractivity contribution in [2.75, 3.05) is 29.9 Å². The lowest BCUT2D eigenvalue weighted by molar-refractivity contribution is 0.261. The number of fused-ring (bicyclic) bond motifs is 3. The molecule has 0 radical (unpaired) electrons. The van der Waals surface area contributed by atoms with Crippen LogP contribution in [-0.2, 0) is 0 Å². The number of hydrogen-bond donors (Lipinski definition) is 2. The maximum atomic E-state index is 9.05. The van der Waals surface area contributed by atoms with Gasteiger partial charge in [0.25, 0.3) is 0 Å². The molecule has 2 aromatic heterocycles. The van der Waals surface area contributed by atoms with Crippen LogP contribution in [0.3, 0.4) is 0 Å². The Morgan fingerprint density at radius 2 is 1.85 bits per heavy atom. The van der Waals surface area contributed by atoms with Crippen LogP contribution >= 0.6 is 12.4 Å². The third-order valence-corrected chi connectivity index (χ3v) is 6.55. The lowest BCUT2D eigenvalue weighted by Crippen LogP contribution is -2.33. The Hall–Kier alpha value is -2.97. The summed E-state index contributed by atoms with van der Waals surface area (Å²) in [5, 5.41) is 22.0. The molecular formula is C25H32ClN7O. The molecule has 1 aliphatic rings. The van der Waals surface area contributed by atoms with Gasteiger partial charge in [-0.15, -0.1) is 17.5 Å². The van der Waals surface area contributed by atoms with Crippen molar-refractivity contribution in [1.82, 2.24) is 25.0 Å². The van der Waals surface area contributed by atoms with E-state index in [1.165, 1.54) is 18.5 Å². The molecule has 0 saturated carbocycles. The second-order valence-corrected chi connectivity index (χ2v) is 9.16. The van der Waals surface area contributed by atoms with E-state index in [1.807, 2.05) is 23.0 Å². The van der Waals surface area contributed by atoms with Crippen LogP contribution in [0.1, 0.15) is 45.6 Å². The van der Waals surface area contributed by atoms with Gasteiger partial charge in [0.2, 0.25) is 5.95 Å². The van der Waals surface area contributed by atoms with Crippen molar-refractivity contribution in [1.29, 1.82) is 0 Å². The standard InChI is InChI=1S/C25H31N7O.ClH/c1-17(2)32-24-22(29-30-32)10-5-19-16-26-25(28-23(19)24)27-20-6-8-21(9-7-20)31-13-11-18(12-14-31)4-3-15-33;/h5-10,16-18,33H,3-4,11-15H2,1-2H3,(H,26,27,28);1H.